The molecule has 2 nitrogen and oxygen atoms in total. The minimum absolute atomic E-state index is 0.148. The Kier molecular flexibility index (Phi) is 5.21. The number of hydrogen-bond donors (Lipinski definition) is 0. The highest BCUT2D eigenvalue weighted by Crippen LogP contribution is 2.29. The summed E-state index contributed by atoms with van der Waals surface area (Å²) in [6.45, 7) is 13.8. The van der Waals surface area contributed by atoms with E-state index in [1.54, 1.807) is 0 Å². The first-order chi connectivity index (χ1) is 6.37. The maximum atomic E-state index is 4.02. The predicted octanol–water partition coefficient (Wildman–Crippen LogP) is 2.92. The van der Waals surface area contributed by atoms with Gasteiger partial charge in [0.1, 0.15) is 0 Å². The average molecular weight is 198 g/mol. The van der Waals surface area contributed by atoms with Gasteiger partial charge in [-0.05, 0) is 20.9 Å². The second-order valence-electron chi connectivity index (χ2n) is 4.54. The summed E-state index contributed by atoms with van der Waals surface area (Å²) < 4.78 is 0. The van der Waals surface area contributed by atoms with Crippen molar-refractivity contribution in [3.05, 3.63) is 12.3 Å². The van der Waals surface area contributed by atoms with Gasteiger partial charge in [-0.2, -0.15) is 0 Å². The highest BCUT2D eigenvalue weighted by molar-refractivity contribution is 5.15. The Balaban J connectivity index is 0.000000364. The minimum Gasteiger partial charge on any atom is -0.364 e. The van der Waals surface area contributed by atoms with Gasteiger partial charge >= 0.3 is 0 Å². The zero-order chi connectivity index (χ0) is 11.4. The zero-order valence-corrected chi connectivity index (χ0v) is 10.7. The van der Waals surface area contributed by atoms with Crippen LogP contribution in [-0.4, -0.2) is 36.1 Å². The van der Waals surface area contributed by atoms with Crippen LogP contribution in [0.5, 0.6) is 0 Å². The summed E-state index contributed by atoms with van der Waals surface area (Å²) in [5.41, 5.74) is 1.35. The fraction of sp³-hybridized carbons (Fsp3) is 0.833. The van der Waals surface area contributed by atoms with Crippen molar-refractivity contribution in [2.75, 3.05) is 20.8 Å². The maximum absolute atomic E-state index is 4.02. The van der Waals surface area contributed by atoms with Crippen molar-refractivity contribution in [3.63, 3.8) is 0 Å². The molecule has 1 saturated heterocycles. The van der Waals surface area contributed by atoms with Crippen LogP contribution in [0.2, 0.25) is 0 Å². The first kappa shape index (κ1) is 13.5. The Bertz CT molecular complexity index is 183. The maximum Gasteiger partial charge on any atom is 0.0706 e. The third kappa shape index (κ3) is 3.02. The van der Waals surface area contributed by atoms with Gasteiger partial charge in [-0.25, -0.2) is 0 Å². The quantitative estimate of drug-likeness (QED) is 0.639. The number of nitrogens with zero attached hydrogens (tertiary/aromatic N) is 2. The lowest BCUT2D eigenvalue weighted by Gasteiger charge is -2.26. The van der Waals surface area contributed by atoms with Crippen LogP contribution in [0.3, 0.4) is 0 Å². The molecule has 0 radical (unpaired) electrons. The molecule has 2 heteroatoms. The van der Waals surface area contributed by atoms with Crippen molar-refractivity contribution in [1.29, 1.82) is 0 Å². The van der Waals surface area contributed by atoms with Gasteiger partial charge in [0.15, 0.2) is 0 Å². The van der Waals surface area contributed by atoms with Gasteiger partial charge in [-0.3, -0.25) is 4.90 Å². The average Bonchev–Trinajstić information content (AvgIpc) is 2.31. The van der Waals surface area contributed by atoms with E-state index in [0.717, 1.165) is 6.67 Å². The van der Waals surface area contributed by atoms with Gasteiger partial charge in [0.25, 0.3) is 0 Å². The summed E-state index contributed by atoms with van der Waals surface area (Å²) in [6, 6.07) is 0. The second kappa shape index (κ2) is 5.40. The fourth-order valence-electron chi connectivity index (χ4n) is 1.27. The van der Waals surface area contributed by atoms with Gasteiger partial charge in [0.05, 0.1) is 12.2 Å². The molecule has 1 heterocycles. The smallest absolute Gasteiger partial charge is 0.0706 e. The molecular weight excluding hydrogens is 172 g/mol. The van der Waals surface area contributed by atoms with Crippen molar-refractivity contribution in [1.82, 2.24) is 9.80 Å². The van der Waals surface area contributed by atoms with E-state index >= 15 is 0 Å². The number of hydrogen-bond acceptors (Lipinski definition) is 2. The lowest BCUT2D eigenvalue weighted by Crippen LogP contribution is -2.35. The Morgan fingerprint density at radius 3 is 1.71 bits per heavy atom. The summed E-state index contributed by atoms with van der Waals surface area (Å²) >= 11 is 0. The third-order valence-corrected chi connectivity index (χ3v) is 3.05. The van der Waals surface area contributed by atoms with Crippen LogP contribution in [-0.2, 0) is 0 Å². The van der Waals surface area contributed by atoms with Crippen molar-refractivity contribution in [2.24, 2.45) is 0 Å². The number of rotatable bonds is 1. The van der Waals surface area contributed by atoms with Crippen molar-refractivity contribution in [3.8, 4) is 0 Å². The van der Waals surface area contributed by atoms with E-state index in [1.165, 1.54) is 18.5 Å². The molecule has 0 atom stereocenters. The van der Waals surface area contributed by atoms with Crippen molar-refractivity contribution >= 4 is 0 Å². The van der Waals surface area contributed by atoms with E-state index < -0.39 is 0 Å². The fourth-order valence-corrected chi connectivity index (χ4v) is 1.27. The van der Waals surface area contributed by atoms with Crippen LogP contribution in [0.15, 0.2) is 12.3 Å². The SMILES string of the molecule is C=C1N(C)CN(C)C1(C)C.CCCC. The first-order valence-electron chi connectivity index (χ1n) is 5.49. The van der Waals surface area contributed by atoms with E-state index in [2.05, 4.69) is 58.2 Å². The van der Waals surface area contributed by atoms with E-state index in [0.29, 0.717) is 0 Å². The van der Waals surface area contributed by atoms with E-state index in [4.69, 9.17) is 0 Å². The second-order valence-corrected chi connectivity index (χ2v) is 4.54. The largest absolute Gasteiger partial charge is 0.364 e. The molecule has 14 heavy (non-hydrogen) atoms. The van der Waals surface area contributed by atoms with Crippen molar-refractivity contribution in [2.45, 2.75) is 46.1 Å². The Morgan fingerprint density at radius 1 is 1.21 bits per heavy atom. The monoisotopic (exact) mass is 198 g/mol. The zero-order valence-electron chi connectivity index (χ0n) is 10.7. The van der Waals surface area contributed by atoms with Gasteiger partial charge in [0, 0.05) is 12.7 Å². The van der Waals surface area contributed by atoms with Gasteiger partial charge in [-0.15, -0.1) is 0 Å². The molecule has 1 aliphatic rings. The van der Waals surface area contributed by atoms with Crippen LogP contribution < -0.4 is 0 Å². The van der Waals surface area contributed by atoms with E-state index in [1.807, 2.05) is 0 Å². The summed E-state index contributed by atoms with van der Waals surface area (Å²) in [5.74, 6) is 0. The number of unbranched alkanes of at least 4 members (excludes halogenated alkanes) is 1. The molecule has 0 aliphatic carbocycles. The number of likely N-dealkylation sites (N-methyl/N-ethyl adjacent to an activating group) is 2. The molecule has 0 saturated carbocycles. The van der Waals surface area contributed by atoms with Crippen LogP contribution in [0.1, 0.15) is 40.5 Å². The third-order valence-electron chi connectivity index (χ3n) is 3.05. The topological polar surface area (TPSA) is 6.48 Å². The Morgan fingerprint density at radius 2 is 1.64 bits per heavy atom. The van der Waals surface area contributed by atoms with Crippen LogP contribution >= 0.6 is 0 Å². The van der Waals surface area contributed by atoms with E-state index in [9.17, 15) is 0 Å². The normalized spacial score (nSPS) is 20.7. The minimum atomic E-state index is 0.148. The summed E-state index contributed by atoms with van der Waals surface area (Å²) in [6.07, 6.45) is 2.64. The molecule has 0 N–H and O–H groups in total. The van der Waals surface area contributed by atoms with Crippen LogP contribution in [0.4, 0.5) is 0 Å². The molecule has 0 aromatic carbocycles. The molecule has 1 rings (SSSR count). The first-order valence-corrected chi connectivity index (χ1v) is 5.49. The molecule has 0 aromatic heterocycles. The van der Waals surface area contributed by atoms with E-state index in [-0.39, 0.29) is 5.54 Å². The molecule has 0 amide bonds. The summed E-state index contributed by atoms with van der Waals surface area (Å²) in [4.78, 5) is 4.47. The van der Waals surface area contributed by atoms with Crippen LogP contribution in [0, 0.1) is 0 Å². The highest BCUT2D eigenvalue weighted by Gasteiger charge is 2.35. The Labute approximate surface area is 89.6 Å². The molecule has 0 aromatic rings. The molecule has 84 valence electrons. The highest BCUT2D eigenvalue weighted by atomic mass is 15.4. The van der Waals surface area contributed by atoms with Gasteiger partial charge in [0.2, 0.25) is 0 Å². The molecule has 0 spiro atoms. The molecular formula is C12H26N2. The molecule has 1 fully saturated rings. The lowest BCUT2D eigenvalue weighted by molar-refractivity contribution is 0.228. The summed E-state index contributed by atoms with van der Waals surface area (Å²) in [7, 11) is 4.20. The standard InChI is InChI=1S/C8H16N2.C4H10/c1-7-8(2,3)10(5)6-9(7)4;1-3-4-2/h1,6H2,2-5H3;3-4H2,1-2H3. The summed E-state index contributed by atoms with van der Waals surface area (Å²) in [5, 5.41) is 0. The molecule has 0 bridgehead atoms. The van der Waals surface area contributed by atoms with Crippen molar-refractivity contribution < 1.29 is 0 Å². The molecule has 0 unspecified atom stereocenters. The Hall–Kier alpha value is -0.500. The van der Waals surface area contributed by atoms with Gasteiger partial charge in [-0.1, -0.05) is 33.3 Å². The lowest BCUT2D eigenvalue weighted by atomic mass is 10.0. The van der Waals surface area contributed by atoms with Crippen LogP contribution in [0.25, 0.3) is 0 Å². The van der Waals surface area contributed by atoms with Gasteiger partial charge < -0.3 is 4.90 Å². The molecule has 1 aliphatic heterocycles. The predicted molar refractivity (Wildman–Crippen MR) is 64.2 cm³/mol.